The minimum Gasteiger partial charge on any atom is -0.445 e. The normalized spacial score (nSPS) is 21.4. The van der Waals surface area contributed by atoms with Gasteiger partial charge in [0.15, 0.2) is 5.60 Å². The van der Waals surface area contributed by atoms with E-state index in [9.17, 15) is 23.1 Å². The highest BCUT2D eigenvalue weighted by molar-refractivity contribution is 5.67. The van der Waals surface area contributed by atoms with Crippen LogP contribution in [0, 0.1) is 0 Å². The zero-order valence-electron chi connectivity index (χ0n) is 14.7. The average molecular weight is 389 g/mol. The fraction of sp³-hybridized carbons (Fsp3) is 0.611. The second-order valence-corrected chi connectivity index (χ2v) is 7.03. The van der Waals surface area contributed by atoms with Crippen molar-refractivity contribution < 1.29 is 37.3 Å². The number of alkyl halides is 3. The predicted octanol–water partition coefficient (Wildman–Crippen LogP) is 2.50. The highest BCUT2D eigenvalue weighted by Crippen LogP contribution is 2.42. The van der Waals surface area contributed by atoms with Crippen molar-refractivity contribution in [3.63, 3.8) is 0 Å². The quantitative estimate of drug-likeness (QED) is 0.838. The molecule has 2 heterocycles. The number of benzene rings is 1. The van der Waals surface area contributed by atoms with Crippen LogP contribution in [0.25, 0.3) is 0 Å². The Morgan fingerprint density at radius 1 is 1.19 bits per heavy atom. The van der Waals surface area contributed by atoms with E-state index in [-0.39, 0.29) is 32.9 Å². The molecule has 3 rings (SSSR count). The van der Waals surface area contributed by atoms with Crippen LogP contribution in [0.4, 0.5) is 18.0 Å². The molecule has 1 amide bonds. The van der Waals surface area contributed by atoms with E-state index >= 15 is 0 Å². The van der Waals surface area contributed by atoms with Gasteiger partial charge in [-0.05, 0) is 5.56 Å². The number of piperidine rings is 1. The van der Waals surface area contributed by atoms with Crippen molar-refractivity contribution in [2.45, 2.75) is 36.8 Å². The van der Waals surface area contributed by atoms with Crippen molar-refractivity contribution >= 4 is 6.09 Å². The molecule has 1 aromatic carbocycles. The third-order valence-corrected chi connectivity index (χ3v) is 4.91. The molecule has 2 aliphatic rings. The molecule has 27 heavy (non-hydrogen) atoms. The van der Waals surface area contributed by atoms with Crippen LogP contribution in [0.15, 0.2) is 30.3 Å². The summed E-state index contributed by atoms with van der Waals surface area (Å²) in [6.07, 6.45) is -6.07. The molecular formula is C18H22F3NO5. The Morgan fingerprint density at radius 3 is 2.33 bits per heavy atom. The Hall–Kier alpha value is -1.84. The maximum atomic E-state index is 13.6. The van der Waals surface area contributed by atoms with Crippen LogP contribution in [0.3, 0.4) is 0 Å². The van der Waals surface area contributed by atoms with Crippen molar-refractivity contribution in [2.75, 3.05) is 32.9 Å². The number of nitrogens with zero attached hydrogens (tertiary/aromatic N) is 1. The van der Waals surface area contributed by atoms with E-state index in [0.717, 1.165) is 5.56 Å². The molecule has 150 valence electrons. The molecule has 0 unspecified atom stereocenters. The van der Waals surface area contributed by atoms with Crippen LogP contribution >= 0.6 is 0 Å². The van der Waals surface area contributed by atoms with Crippen molar-refractivity contribution in [3.8, 4) is 0 Å². The van der Waals surface area contributed by atoms with E-state index in [1.54, 1.807) is 24.3 Å². The summed E-state index contributed by atoms with van der Waals surface area (Å²) in [5.41, 5.74) is -2.95. The molecule has 1 aromatic rings. The maximum Gasteiger partial charge on any atom is 0.417 e. The van der Waals surface area contributed by atoms with Crippen LogP contribution in [0.1, 0.15) is 18.4 Å². The number of hydrogen-bond acceptors (Lipinski definition) is 5. The van der Waals surface area contributed by atoms with E-state index < -0.39 is 42.9 Å². The van der Waals surface area contributed by atoms with Crippen LogP contribution in [-0.2, 0) is 20.8 Å². The Bertz CT molecular complexity index is 640. The van der Waals surface area contributed by atoms with E-state index in [0.29, 0.717) is 0 Å². The first kappa shape index (κ1) is 19.9. The first-order chi connectivity index (χ1) is 12.7. The van der Waals surface area contributed by atoms with Crippen LogP contribution in [0.2, 0.25) is 0 Å². The van der Waals surface area contributed by atoms with Gasteiger partial charge in [-0.25, -0.2) is 4.79 Å². The summed E-state index contributed by atoms with van der Waals surface area (Å²) in [4.78, 5) is 13.4. The zero-order chi connectivity index (χ0) is 19.5. The molecule has 0 aliphatic carbocycles. The predicted molar refractivity (Wildman–Crippen MR) is 87.9 cm³/mol. The molecule has 2 aliphatic heterocycles. The minimum absolute atomic E-state index is 0.0428. The number of hydrogen-bond donors (Lipinski definition) is 1. The standard InChI is InChI=1S/C18H22F3NO5/c19-18(20,21)17(27-13-16(24)11-25-12-16)6-8-22(9-7-17)15(23)26-10-14-4-2-1-3-5-14/h1-5,24H,6-13H2. The topological polar surface area (TPSA) is 68.2 Å². The van der Waals surface area contributed by atoms with E-state index in [2.05, 4.69) is 0 Å². The zero-order valence-corrected chi connectivity index (χ0v) is 14.7. The molecule has 0 atom stereocenters. The number of ether oxygens (including phenoxy) is 3. The van der Waals surface area contributed by atoms with Gasteiger partial charge in [0, 0.05) is 25.9 Å². The van der Waals surface area contributed by atoms with E-state index in [1.807, 2.05) is 6.07 Å². The molecular weight excluding hydrogens is 367 g/mol. The van der Waals surface area contributed by atoms with Crippen LogP contribution in [-0.4, -0.2) is 66.4 Å². The van der Waals surface area contributed by atoms with Crippen LogP contribution < -0.4 is 0 Å². The highest BCUT2D eigenvalue weighted by Gasteiger charge is 2.58. The Balaban J connectivity index is 1.54. The van der Waals surface area contributed by atoms with Crippen molar-refractivity contribution in [1.29, 1.82) is 0 Å². The van der Waals surface area contributed by atoms with Gasteiger partial charge in [-0.1, -0.05) is 30.3 Å². The summed E-state index contributed by atoms with van der Waals surface area (Å²) in [5, 5.41) is 9.94. The van der Waals surface area contributed by atoms with Gasteiger partial charge in [0.2, 0.25) is 0 Å². The summed E-state index contributed by atoms with van der Waals surface area (Å²) in [5.74, 6) is 0. The summed E-state index contributed by atoms with van der Waals surface area (Å²) in [6, 6.07) is 9.03. The number of amides is 1. The second-order valence-electron chi connectivity index (χ2n) is 7.03. The monoisotopic (exact) mass is 389 g/mol. The van der Waals surface area contributed by atoms with Gasteiger partial charge in [-0.2, -0.15) is 13.2 Å². The molecule has 6 nitrogen and oxygen atoms in total. The van der Waals surface area contributed by atoms with Gasteiger partial charge in [0.1, 0.15) is 12.2 Å². The summed E-state index contributed by atoms with van der Waals surface area (Å²) in [7, 11) is 0. The highest BCUT2D eigenvalue weighted by atomic mass is 19.4. The number of carbonyl (C=O) groups is 1. The molecule has 0 saturated carbocycles. The Labute approximate surface area is 154 Å². The molecule has 0 spiro atoms. The number of carbonyl (C=O) groups excluding carboxylic acids is 1. The SMILES string of the molecule is O=C(OCc1ccccc1)N1CCC(OCC2(O)COC2)(C(F)(F)F)CC1. The Kier molecular flexibility index (Phi) is 5.64. The van der Waals surface area contributed by atoms with Crippen molar-refractivity contribution in [1.82, 2.24) is 4.90 Å². The first-order valence-electron chi connectivity index (χ1n) is 8.70. The summed E-state index contributed by atoms with van der Waals surface area (Å²) >= 11 is 0. The first-order valence-corrected chi connectivity index (χ1v) is 8.70. The lowest BCUT2D eigenvalue weighted by Gasteiger charge is -2.45. The molecule has 1 N–H and O–H groups in total. The van der Waals surface area contributed by atoms with Crippen molar-refractivity contribution in [2.24, 2.45) is 0 Å². The van der Waals surface area contributed by atoms with Gasteiger partial charge < -0.3 is 24.2 Å². The van der Waals surface area contributed by atoms with Crippen LogP contribution in [0.5, 0.6) is 0 Å². The van der Waals surface area contributed by atoms with E-state index in [1.165, 1.54) is 4.90 Å². The largest absolute Gasteiger partial charge is 0.445 e. The Morgan fingerprint density at radius 2 is 1.81 bits per heavy atom. The molecule has 2 fully saturated rings. The van der Waals surface area contributed by atoms with Gasteiger partial charge in [-0.3, -0.25) is 0 Å². The van der Waals surface area contributed by atoms with Gasteiger partial charge in [-0.15, -0.1) is 0 Å². The second kappa shape index (κ2) is 7.65. The molecule has 0 radical (unpaired) electrons. The average Bonchev–Trinajstić information content (AvgIpc) is 2.63. The molecule has 2 saturated heterocycles. The minimum atomic E-state index is -4.60. The fourth-order valence-corrected chi connectivity index (χ4v) is 3.06. The van der Waals surface area contributed by atoms with Gasteiger partial charge >= 0.3 is 12.3 Å². The number of likely N-dealkylation sites (tertiary alicyclic amines) is 1. The summed E-state index contributed by atoms with van der Waals surface area (Å²) in [6.45, 7) is -0.753. The van der Waals surface area contributed by atoms with Crippen molar-refractivity contribution in [3.05, 3.63) is 35.9 Å². The molecule has 0 bridgehead atoms. The lowest BCUT2D eigenvalue weighted by Crippen LogP contribution is -2.60. The lowest BCUT2D eigenvalue weighted by atomic mass is 9.90. The molecule has 9 heteroatoms. The fourth-order valence-electron chi connectivity index (χ4n) is 3.06. The smallest absolute Gasteiger partial charge is 0.417 e. The third-order valence-electron chi connectivity index (χ3n) is 4.91. The maximum absolute atomic E-state index is 13.6. The molecule has 0 aromatic heterocycles. The van der Waals surface area contributed by atoms with Gasteiger partial charge in [0.05, 0.1) is 19.8 Å². The third kappa shape index (κ3) is 4.53. The number of rotatable bonds is 5. The number of halogens is 3. The number of aliphatic hydroxyl groups is 1. The van der Waals surface area contributed by atoms with E-state index in [4.69, 9.17) is 14.2 Å². The van der Waals surface area contributed by atoms with Gasteiger partial charge in [0.25, 0.3) is 0 Å². The lowest BCUT2D eigenvalue weighted by molar-refractivity contribution is -0.312. The summed E-state index contributed by atoms with van der Waals surface area (Å²) < 4.78 is 56.0.